The number of rotatable bonds is 4. The van der Waals surface area contributed by atoms with Gasteiger partial charge in [0.2, 0.25) is 5.91 Å². The van der Waals surface area contributed by atoms with Crippen LogP contribution in [0.5, 0.6) is 0 Å². The molecule has 2 N–H and O–H groups in total. The Morgan fingerprint density at radius 1 is 1.32 bits per heavy atom. The van der Waals surface area contributed by atoms with Gasteiger partial charge in [-0.2, -0.15) is 0 Å². The first kappa shape index (κ1) is 14.1. The van der Waals surface area contributed by atoms with Crippen LogP contribution in [-0.2, 0) is 4.79 Å². The molecule has 2 rings (SSSR count). The van der Waals surface area contributed by atoms with E-state index in [2.05, 4.69) is 5.32 Å². The van der Waals surface area contributed by atoms with Crippen LogP contribution >= 0.6 is 22.9 Å². The average molecular weight is 296 g/mol. The van der Waals surface area contributed by atoms with Crippen molar-refractivity contribution in [2.45, 2.75) is 19.1 Å². The van der Waals surface area contributed by atoms with Crippen molar-refractivity contribution < 1.29 is 9.90 Å². The lowest BCUT2D eigenvalue weighted by Gasteiger charge is -2.19. The topological polar surface area (TPSA) is 49.3 Å². The number of carbonyl (C=O) groups excluding carboxylic acids is 1. The Labute approximate surface area is 120 Å². The van der Waals surface area contributed by atoms with Gasteiger partial charge in [0, 0.05) is 9.90 Å². The molecule has 5 heteroatoms. The first-order chi connectivity index (χ1) is 9.08. The summed E-state index contributed by atoms with van der Waals surface area (Å²) in [5, 5.41) is 14.8. The van der Waals surface area contributed by atoms with E-state index in [4.69, 9.17) is 11.6 Å². The van der Waals surface area contributed by atoms with Gasteiger partial charge >= 0.3 is 0 Å². The molecule has 1 amide bonds. The molecular formula is C14H14ClNO2S. The molecule has 19 heavy (non-hydrogen) atoms. The maximum atomic E-state index is 11.7. The van der Waals surface area contributed by atoms with Gasteiger partial charge < -0.3 is 10.4 Å². The van der Waals surface area contributed by atoms with E-state index in [1.807, 2.05) is 29.6 Å². The minimum Gasteiger partial charge on any atom is -0.384 e. The Kier molecular flexibility index (Phi) is 4.58. The van der Waals surface area contributed by atoms with Crippen molar-refractivity contribution in [2.24, 2.45) is 0 Å². The summed E-state index contributed by atoms with van der Waals surface area (Å²) in [6.45, 7) is 1.45. The van der Waals surface area contributed by atoms with Crippen LogP contribution in [-0.4, -0.2) is 17.1 Å². The zero-order valence-corrected chi connectivity index (χ0v) is 11.9. The first-order valence-electron chi connectivity index (χ1n) is 5.85. The third kappa shape index (κ3) is 3.56. The molecule has 0 aliphatic heterocycles. The van der Waals surface area contributed by atoms with Gasteiger partial charge in [-0.25, -0.2) is 0 Å². The minimum absolute atomic E-state index is 0.264. The highest BCUT2D eigenvalue weighted by molar-refractivity contribution is 7.10. The Bertz CT molecular complexity index is 537. The van der Waals surface area contributed by atoms with Gasteiger partial charge in [0.25, 0.3) is 0 Å². The van der Waals surface area contributed by atoms with Gasteiger partial charge in [0.15, 0.2) is 0 Å². The fourth-order valence-electron chi connectivity index (χ4n) is 1.69. The number of halogens is 1. The van der Waals surface area contributed by atoms with E-state index < -0.39 is 12.0 Å². The molecule has 0 radical (unpaired) electrons. The summed E-state index contributed by atoms with van der Waals surface area (Å²) in [6, 6.07) is 10.9. The molecule has 1 heterocycles. The van der Waals surface area contributed by atoms with Crippen LogP contribution < -0.4 is 5.32 Å². The maximum Gasteiger partial charge on any atom is 0.249 e. The summed E-state index contributed by atoms with van der Waals surface area (Å²) in [6.07, 6.45) is -1.03. The SMILES string of the molecule is CC(O)C(=O)NC(c1ccc(Cl)cc1)c1cccs1. The second-order valence-corrected chi connectivity index (χ2v) is 5.60. The monoisotopic (exact) mass is 295 g/mol. The van der Waals surface area contributed by atoms with Gasteiger partial charge in [-0.15, -0.1) is 11.3 Å². The van der Waals surface area contributed by atoms with Crippen LogP contribution in [0, 0.1) is 0 Å². The predicted octanol–water partition coefficient (Wildman–Crippen LogP) is 2.99. The molecule has 3 nitrogen and oxygen atoms in total. The Morgan fingerprint density at radius 2 is 2.00 bits per heavy atom. The van der Waals surface area contributed by atoms with Gasteiger partial charge in [0.05, 0.1) is 6.04 Å². The summed E-state index contributed by atoms with van der Waals surface area (Å²) in [5.74, 6) is -0.395. The highest BCUT2D eigenvalue weighted by Crippen LogP contribution is 2.27. The van der Waals surface area contributed by atoms with E-state index in [9.17, 15) is 9.90 Å². The molecule has 0 saturated heterocycles. The van der Waals surface area contributed by atoms with Gasteiger partial charge in [-0.3, -0.25) is 4.79 Å². The van der Waals surface area contributed by atoms with Crippen molar-refractivity contribution in [3.05, 3.63) is 57.2 Å². The van der Waals surface area contributed by atoms with Crippen molar-refractivity contribution in [3.63, 3.8) is 0 Å². The smallest absolute Gasteiger partial charge is 0.249 e. The fourth-order valence-corrected chi connectivity index (χ4v) is 2.62. The molecule has 1 aromatic heterocycles. The molecule has 0 aliphatic carbocycles. The fraction of sp³-hybridized carbons (Fsp3) is 0.214. The summed E-state index contributed by atoms with van der Waals surface area (Å²) in [5.41, 5.74) is 0.931. The zero-order valence-electron chi connectivity index (χ0n) is 10.3. The van der Waals surface area contributed by atoms with E-state index >= 15 is 0 Å². The zero-order chi connectivity index (χ0) is 13.8. The van der Waals surface area contributed by atoms with Gasteiger partial charge in [-0.05, 0) is 36.1 Å². The maximum absolute atomic E-state index is 11.7. The standard InChI is InChI=1S/C14H14ClNO2S/c1-9(17)14(18)16-13(12-3-2-8-19-12)10-4-6-11(15)7-5-10/h2-9,13,17H,1H3,(H,16,18). The summed E-state index contributed by atoms with van der Waals surface area (Å²) in [4.78, 5) is 12.7. The molecule has 2 aromatic rings. The molecule has 0 aliphatic rings. The third-order valence-electron chi connectivity index (χ3n) is 2.70. The predicted molar refractivity (Wildman–Crippen MR) is 77.4 cm³/mol. The number of hydrogen-bond donors (Lipinski definition) is 2. The highest BCUT2D eigenvalue weighted by atomic mass is 35.5. The van der Waals surface area contributed by atoms with Gasteiger partial charge in [0.1, 0.15) is 6.10 Å². The number of aliphatic hydroxyl groups excluding tert-OH is 1. The van der Waals surface area contributed by atoms with E-state index in [-0.39, 0.29) is 6.04 Å². The lowest BCUT2D eigenvalue weighted by Crippen LogP contribution is -2.35. The summed E-state index contributed by atoms with van der Waals surface area (Å²) >= 11 is 7.43. The van der Waals surface area contributed by atoms with Crippen molar-refractivity contribution in [1.29, 1.82) is 0 Å². The molecule has 100 valence electrons. The summed E-state index contributed by atoms with van der Waals surface area (Å²) in [7, 11) is 0. The third-order valence-corrected chi connectivity index (χ3v) is 3.89. The number of thiophene rings is 1. The van der Waals surface area contributed by atoms with Crippen LogP contribution in [0.25, 0.3) is 0 Å². The van der Waals surface area contributed by atoms with Gasteiger partial charge in [-0.1, -0.05) is 29.8 Å². The Hall–Kier alpha value is -1.36. The van der Waals surface area contributed by atoms with Crippen molar-refractivity contribution in [3.8, 4) is 0 Å². The molecule has 2 unspecified atom stereocenters. The van der Waals surface area contributed by atoms with Crippen molar-refractivity contribution in [1.82, 2.24) is 5.32 Å². The second-order valence-electron chi connectivity index (χ2n) is 4.18. The van der Waals surface area contributed by atoms with Crippen LogP contribution in [0.2, 0.25) is 5.02 Å². The number of benzene rings is 1. The molecular weight excluding hydrogens is 282 g/mol. The number of hydrogen-bond acceptors (Lipinski definition) is 3. The molecule has 0 fully saturated rings. The highest BCUT2D eigenvalue weighted by Gasteiger charge is 2.19. The number of amides is 1. The molecule has 0 saturated carbocycles. The lowest BCUT2D eigenvalue weighted by atomic mass is 10.1. The van der Waals surface area contributed by atoms with E-state index in [1.54, 1.807) is 23.5 Å². The first-order valence-corrected chi connectivity index (χ1v) is 7.11. The van der Waals surface area contributed by atoms with E-state index in [1.165, 1.54) is 6.92 Å². The molecule has 2 atom stereocenters. The summed E-state index contributed by atoms with van der Waals surface area (Å²) < 4.78 is 0. The molecule has 0 bridgehead atoms. The van der Waals surface area contributed by atoms with Crippen molar-refractivity contribution >= 4 is 28.8 Å². The van der Waals surface area contributed by atoms with E-state index in [0.29, 0.717) is 5.02 Å². The molecule has 1 aromatic carbocycles. The average Bonchev–Trinajstić information content (AvgIpc) is 2.90. The second kappa shape index (κ2) is 6.19. The number of carbonyl (C=O) groups is 1. The van der Waals surface area contributed by atoms with Crippen LogP contribution in [0.3, 0.4) is 0 Å². The number of nitrogens with one attached hydrogen (secondary N) is 1. The normalized spacial score (nSPS) is 13.8. The van der Waals surface area contributed by atoms with Crippen LogP contribution in [0.15, 0.2) is 41.8 Å². The largest absolute Gasteiger partial charge is 0.384 e. The quantitative estimate of drug-likeness (QED) is 0.911. The minimum atomic E-state index is -1.03. The van der Waals surface area contributed by atoms with E-state index in [0.717, 1.165) is 10.4 Å². The van der Waals surface area contributed by atoms with Crippen LogP contribution in [0.4, 0.5) is 0 Å². The van der Waals surface area contributed by atoms with Crippen molar-refractivity contribution in [2.75, 3.05) is 0 Å². The van der Waals surface area contributed by atoms with Crippen LogP contribution in [0.1, 0.15) is 23.4 Å². The Morgan fingerprint density at radius 3 is 2.53 bits per heavy atom. The molecule has 0 spiro atoms. The Balaban J connectivity index is 2.29. The lowest BCUT2D eigenvalue weighted by molar-refractivity contribution is -0.128. The number of aliphatic hydroxyl groups is 1.